The van der Waals surface area contributed by atoms with E-state index in [0.29, 0.717) is 28.5 Å². The Morgan fingerprint density at radius 1 is 1.08 bits per heavy atom. The van der Waals surface area contributed by atoms with Crippen LogP contribution < -0.4 is 9.47 Å². The smallest absolute Gasteiger partial charge is 0.174 e. The van der Waals surface area contributed by atoms with Crippen molar-refractivity contribution in [3.8, 4) is 34.1 Å². The maximum Gasteiger partial charge on any atom is 0.174 e. The van der Waals surface area contributed by atoms with Crippen molar-refractivity contribution >= 4 is 15.9 Å². The summed E-state index contributed by atoms with van der Waals surface area (Å²) < 4.78 is 17.0. The fraction of sp³-hybridized carbons (Fsp3) is 0.167. The molecule has 3 rings (SSSR count). The second kappa shape index (κ2) is 7.07. The lowest BCUT2D eigenvalue weighted by molar-refractivity contribution is 0.281. The SMILES string of the molecule is COc1ccc(-c2noc(-c3ccccc3Br)c2CO)c(OC)c1. The molecule has 6 heteroatoms. The van der Waals surface area contributed by atoms with E-state index in [4.69, 9.17) is 14.0 Å². The third-order valence-electron chi connectivity index (χ3n) is 3.73. The van der Waals surface area contributed by atoms with Crippen LogP contribution in [0.1, 0.15) is 5.56 Å². The summed E-state index contributed by atoms with van der Waals surface area (Å²) >= 11 is 3.50. The van der Waals surface area contributed by atoms with E-state index < -0.39 is 0 Å². The highest BCUT2D eigenvalue weighted by molar-refractivity contribution is 9.10. The second-order valence-corrected chi connectivity index (χ2v) is 5.90. The number of ether oxygens (including phenoxy) is 2. The lowest BCUT2D eigenvalue weighted by Gasteiger charge is -2.09. The van der Waals surface area contributed by atoms with E-state index in [2.05, 4.69) is 21.1 Å². The lowest BCUT2D eigenvalue weighted by Crippen LogP contribution is -1.94. The van der Waals surface area contributed by atoms with Crippen LogP contribution in [0.3, 0.4) is 0 Å². The Morgan fingerprint density at radius 3 is 2.54 bits per heavy atom. The van der Waals surface area contributed by atoms with Crippen molar-refractivity contribution in [1.82, 2.24) is 5.16 Å². The minimum atomic E-state index is -0.204. The lowest BCUT2D eigenvalue weighted by atomic mass is 10.0. The highest BCUT2D eigenvalue weighted by Gasteiger charge is 2.22. The van der Waals surface area contributed by atoms with E-state index >= 15 is 0 Å². The molecule has 0 bridgehead atoms. The number of rotatable bonds is 5. The van der Waals surface area contributed by atoms with Gasteiger partial charge in [-0.15, -0.1) is 0 Å². The first-order chi connectivity index (χ1) is 11.7. The molecule has 3 aromatic rings. The third kappa shape index (κ3) is 2.90. The average Bonchev–Trinajstić information content (AvgIpc) is 3.05. The molecule has 1 aromatic heterocycles. The van der Waals surface area contributed by atoms with Crippen molar-refractivity contribution in [2.75, 3.05) is 14.2 Å². The molecule has 1 N–H and O–H groups in total. The fourth-order valence-electron chi connectivity index (χ4n) is 2.52. The van der Waals surface area contributed by atoms with Gasteiger partial charge in [-0.1, -0.05) is 33.2 Å². The van der Waals surface area contributed by atoms with Gasteiger partial charge in [-0.25, -0.2) is 0 Å². The normalized spacial score (nSPS) is 10.7. The molecule has 2 aromatic carbocycles. The minimum Gasteiger partial charge on any atom is -0.497 e. The number of hydrogen-bond acceptors (Lipinski definition) is 5. The number of nitrogens with zero attached hydrogens (tertiary/aromatic N) is 1. The maximum atomic E-state index is 9.89. The van der Waals surface area contributed by atoms with Gasteiger partial charge >= 0.3 is 0 Å². The van der Waals surface area contributed by atoms with Crippen LogP contribution in [0.5, 0.6) is 11.5 Å². The Balaban J connectivity index is 2.16. The van der Waals surface area contributed by atoms with Crippen molar-refractivity contribution < 1.29 is 19.1 Å². The minimum absolute atomic E-state index is 0.204. The molecule has 0 amide bonds. The van der Waals surface area contributed by atoms with Crippen LogP contribution >= 0.6 is 15.9 Å². The van der Waals surface area contributed by atoms with Crippen molar-refractivity contribution in [2.45, 2.75) is 6.61 Å². The molecular weight excluding hydrogens is 374 g/mol. The van der Waals surface area contributed by atoms with Crippen LogP contribution in [0.25, 0.3) is 22.6 Å². The summed E-state index contributed by atoms with van der Waals surface area (Å²) in [5.41, 5.74) is 2.70. The van der Waals surface area contributed by atoms with Gasteiger partial charge in [0.15, 0.2) is 5.76 Å². The van der Waals surface area contributed by atoms with Crippen LogP contribution in [-0.4, -0.2) is 24.5 Å². The van der Waals surface area contributed by atoms with Gasteiger partial charge in [0.25, 0.3) is 0 Å². The summed E-state index contributed by atoms with van der Waals surface area (Å²) in [6.07, 6.45) is 0. The fourth-order valence-corrected chi connectivity index (χ4v) is 2.98. The Bertz CT molecular complexity index is 860. The number of hydrogen-bond donors (Lipinski definition) is 1. The zero-order valence-electron chi connectivity index (χ0n) is 13.2. The molecule has 0 aliphatic carbocycles. The number of aliphatic hydroxyl groups excluding tert-OH is 1. The summed E-state index contributed by atoms with van der Waals surface area (Å²) in [6, 6.07) is 13.0. The Morgan fingerprint density at radius 2 is 1.88 bits per heavy atom. The number of halogens is 1. The molecule has 0 saturated heterocycles. The summed E-state index contributed by atoms with van der Waals surface area (Å²) in [6.45, 7) is -0.204. The number of benzene rings is 2. The first-order valence-electron chi connectivity index (χ1n) is 7.26. The van der Waals surface area contributed by atoms with E-state index in [1.165, 1.54) is 0 Å². The number of aliphatic hydroxyl groups is 1. The molecule has 0 unspecified atom stereocenters. The van der Waals surface area contributed by atoms with Crippen LogP contribution in [0.2, 0.25) is 0 Å². The average molecular weight is 390 g/mol. The highest BCUT2D eigenvalue weighted by Crippen LogP contribution is 2.39. The first kappa shape index (κ1) is 16.5. The van der Waals surface area contributed by atoms with Gasteiger partial charge in [0.05, 0.1) is 26.4 Å². The zero-order chi connectivity index (χ0) is 17.1. The molecule has 0 aliphatic heterocycles. The highest BCUT2D eigenvalue weighted by atomic mass is 79.9. The summed E-state index contributed by atoms with van der Waals surface area (Å²) in [4.78, 5) is 0. The topological polar surface area (TPSA) is 64.7 Å². The van der Waals surface area contributed by atoms with Crippen LogP contribution in [-0.2, 0) is 6.61 Å². The molecule has 0 saturated carbocycles. The van der Waals surface area contributed by atoms with Gasteiger partial charge < -0.3 is 19.1 Å². The molecule has 0 atom stereocenters. The molecule has 1 heterocycles. The first-order valence-corrected chi connectivity index (χ1v) is 8.05. The van der Waals surface area contributed by atoms with Crippen LogP contribution in [0.4, 0.5) is 0 Å². The third-order valence-corrected chi connectivity index (χ3v) is 4.42. The van der Waals surface area contributed by atoms with E-state index in [9.17, 15) is 5.11 Å². The van der Waals surface area contributed by atoms with E-state index in [1.54, 1.807) is 20.3 Å². The van der Waals surface area contributed by atoms with Gasteiger partial charge in [-0.05, 0) is 24.3 Å². The molecule has 5 nitrogen and oxygen atoms in total. The summed E-state index contributed by atoms with van der Waals surface area (Å²) in [5.74, 6) is 1.80. The van der Waals surface area contributed by atoms with Crippen molar-refractivity contribution in [3.63, 3.8) is 0 Å². The van der Waals surface area contributed by atoms with E-state index in [-0.39, 0.29) is 6.61 Å². The predicted molar refractivity (Wildman–Crippen MR) is 94.1 cm³/mol. The van der Waals surface area contributed by atoms with Crippen molar-refractivity contribution in [1.29, 1.82) is 0 Å². The van der Waals surface area contributed by atoms with Gasteiger partial charge in [-0.3, -0.25) is 0 Å². The number of methoxy groups -OCH3 is 2. The largest absolute Gasteiger partial charge is 0.497 e. The molecular formula is C18H16BrNO4. The molecule has 24 heavy (non-hydrogen) atoms. The van der Waals surface area contributed by atoms with Crippen molar-refractivity contribution in [3.05, 3.63) is 52.5 Å². The summed E-state index contributed by atoms with van der Waals surface area (Å²) in [7, 11) is 3.17. The molecule has 0 spiro atoms. The van der Waals surface area contributed by atoms with E-state index in [1.807, 2.05) is 36.4 Å². The van der Waals surface area contributed by atoms with Crippen LogP contribution in [0.15, 0.2) is 51.5 Å². The maximum absolute atomic E-state index is 9.89. The Labute approximate surface area is 147 Å². The standard InChI is InChI=1S/C18H16BrNO4/c1-22-11-7-8-13(16(9-11)23-2)17-14(10-21)18(24-20-17)12-5-3-4-6-15(12)19/h3-9,21H,10H2,1-2H3. The zero-order valence-corrected chi connectivity index (χ0v) is 14.8. The van der Waals surface area contributed by atoms with Gasteiger partial charge in [-0.2, -0.15) is 0 Å². The second-order valence-electron chi connectivity index (χ2n) is 5.04. The summed E-state index contributed by atoms with van der Waals surface area (Å²) in [5, 5.41) is 14.0. The molecule has 124 valence electrons. The number of aromatic nitrogens is 1. The monoisotopic (exact) mass is 389 g/mol. The Kier molecular flexibility index (Phi) is 4.87. The molecule has 0 aliphatic rings. The van der Waals surface area contributed by atoms with Gasteiger partial charge in [0.2, 0.25) is 0 Å². The Hall–Kier alpha value is -2.31. The predicted octanol–water partition coefficient (Wildman–Crippen LogP) is 4.28. The quantitative estimate of drug-likeness (QED) is 0.705. The van der Waals surface area contributed by atoms with E-state index in [0.717, 1.165) is 15.6 Å². The van der Waals surface area contributed by atoms with Gasteiger partial charge in [0.1, 0.15) is 17.2 Å². The van der Waals surface area contributed by atoms with Crippen LogP contribution in [0, 0.1) is 0 Å². The molecule has 0 radical (unpaired) electrons. The van der Waals surface area contributed by atoms with Crippen molar-refractivity contribution in [2.24, 2.45) is 0 Å². The molecule has 0 fully saturated rings. The van der Waals surface area contributed by atoms with Gasteiger partial charge in [0, 0.05) is 21.7 Å².